The molecule has 0 fully saturated rings. The second kappa shape index (κ2) is 6.57. The third kappa shape index (κ3) is 2.76. The van der Waals surface area contributed by atoms with Crippen molar-refractivity contribution >= 4 is 36.1 Å². The Morgan fingerprint density at radius 2 is 1.91 bits per heavy atom. The molecule has 0 amide bonds. The number of nitrogens with zero attached hydrogens (tertiary/aromatic N) is 2. The molecule has 0 radical (unpaired) electrons. The topological polar surface area (TPSA) is 34.9 Å². The number of aromatic nitrogens is 2. The minimum atomic E-state index is -0.305. The normalized spacial score (nSPS) is 11.2. The first kappa shape index (κ1) is 15.8. The molecule has 0 N–H and O–H groups in total. The van der Waals surface area contributed by atoms with E-state index in [9.17, 15) is 4.79 Å². The Kier molecular flexibility index (Phi) is 4.72. The summed E-state index contributed by atoms with van der Waals surface area (Å²) in [6.45, 7) is 1.96. The number of alkyl halides is 1. The van der Waals surface area contributed by atoms with E-state index in [0.717, 1.165) is 26.0 Å². The molecule has 1 heterocycles. The molecule has 3 nitrogen and oxygen atoms in total. The standard InChI is InChI=1S/C17H15I2N2O/c1-11-5-4-6-14-15(11)16(22)21(17(19-3)20-14)13-9-7-12(18-2)8-10-13/h4-10H,2H2,1,3H3/q-1. The summed E-state index contributed by atoms with van der Waals surface area (Å²) in [4.78, 5) is 19.9. The molecule has 22 heavy (non-hydrogen) atoms. The molecular weight excluding hydrogens is 502 g/mol. The second-order valence-electron chi connectivity index (χ2n) is 4.79. The number of hydrogen-bond acceptors (Lipinski definition) is 2. The first-order valence-corrected chi connectivity index (χ1v) is 12.5. The molecule has 3 rings (SSSR count). The van der Waals surface area contributed by atoms with Gasteiger partial charge in [-0.25, -0.2) is 0 Å². The van der Waals surface area contributed by atoms with Gasteiger partial charge in [-0.15, -0.1) is 0 Å². The molecule has 0 saturated heterocycles. The number of benzene rings is 2. The van der Waals surface area contributed by atoms with E-state index < -0.39 is 0 Å². The molecule has 0 aliphatic carbocycles. The number of halogens is 2. The second-order valence-corrected chi connectivity index (χ2v) is 8.84. The molecule has 0 unspecified atom stereocenters. The van der Waals surface area contributed by atoms with Gasteiger partial charge in [-0.3, -0.25) is 0 Å². The maximum absolute atomic E-state index is 13.0. The summed E-state index contributed by atoms with van der Waals surface area (Å²) < 4.78 is 7.96. The van der Waals surface area contributed by atoms with Crippen LogP contribution in [0.1, 0.15) is 5.56 Å². The summed E-state index contributed by atoms with van der Waals surface area (Å²) in [5.41, 5.74) is 2.72. The van der Waals surface area contributed by atoms with Crippen LogP contribution in [0.3, 0.4) is 0 Å². The summed E-state index contributed by atoms with van der Waals surface area (Å²) in [6, 6.07) is 14.0. The van der Waals surface area contributed by atoms with Crippen molar-refractivity contribution in [1.82, 2.24) is 9.55 Å². The Labute approximate surface area is 149 Å². The van der Waals surface area contributed by atoms with Crippen LogP contribution in [-0.4, -0.2) is 19.0 Å². The third-order valence-electron chi connectivity index (χ3n) is 3.47. The fourth-order valence-corrected chi connectivity index (χ4v) is 4.75. The summed E-state index contributed by atoms with van der Waals surface area (Å²) >= 11 is -0.478. The average molecular weight is 517 g/mol. The van der Waals surface area contributed by atoms with Gasteiger partial charge in [0.2, 0.25) is 0 Å². The van der Waals surface area contributed by atoms with Crippen molar-refractivity contribution in [3.8, 4) is 5.69 Å². The molecule has 0 atom stereocenters. The Bertz CT molecular complexity index is 914. The van der Waals surface area contributed by atoms with Crippen LogP contribution >= 0.6 is 20.7 Å². The van der Waals surface area contributed by atoms with Crippen LogP contribution in [0, 0.1) is 14.3 Å². The summed E-state index contributed by atoms with van der Waals surface area (Å²) in [5.74, 6) is 0. The van der Waals surface area contributed by atoms with Gasteiger partial charge in [0.25, 0.3) is 0 Å². The third-order valence-corrected chi connectivity index (χ3v) is 6.76. The molecule has 0 spiro atoms. The van der Waals surface area contributed by atoms with Gasteiger partial charge < -0.3 is 0 Å². The van der Waals surface area contributed by atoms with Crippen LogP contribution < -0.4 is 26.8 Å². The molecule has 114 valence electrons. The first-order valence-electron chi connectivity index (χ1n) is 6.66. The molecule has 3 aromatic rings. The Hall–Kier alpha value is -1.09. The average Bonchev–Trinajstić information content (AvgIpc) is 2.54. The number of fused-ring (bicyclic) bond motifs is 1. The van der Waals surface area contributed by atoms with E-state index in [1.807, 2.05) is 37.3 Å². The molecule has 0 saturated carbocycles. The SMILES string of the molecule is C=Ic1ccc(-n2c([I-]C)nc3cccc(C)c3c2=O)cc1. The van der Waals surface area contributed by atoms with Crippen LogP contribution in [0.15, 0.2) is 47.3 Å². The first-order chi connectivity index (χ1) is 10.7. The van der Waals surface area contributed by atoms with Gasteiger partial charge in [-0.1, -0.05) is 0 Å². The van der Waals surface area contributed by atoms with Gasteiger partial charge in [-0.05, 0) is 0 Å². The van der Waals surface area contributed by atoms with Crippen molar-refractivity contribution in [3.63, 3.8) is 0 Å². The predicted octanol–water partition coefficient (Wildman–Crippen LogP) is 0.155. The molecule has 2 aromatic carbocycles. The zero-order valence-corrected chi connectivity index (χ0v) is 16.6. The van der Waals surface area contributed by atoms with Gasteiger partial charge in [0.05, 0.1) is 0 Å². The zero-order chi connectivity index (χ0) is 15.7. The van der Waals surface area contributed by atoms with Gasteiger partial charge in [0, 0.05) is 0 Å². The van der Waals surface area contributed by atoms with Gasteiger partial charge in [-0.2, -0.15) is 0 Å². The Morgan fingerprint density at radius 1 is 1.18 bits per heavy atom. The van der Waals surface area contributed by atoms with Crippen molar-refractivity contribution < 1.29 is 21.2 Å². The minimum absolute atomic E-state index is 0.0386. The van der Waals surface area contributed by atoms with Gasteiger partial charge in [0.1, 0.15) is 0 Å². The van der Waals surface area contributed by atoms with Crippen molar-refractivity contribution in [3.05, 3.63) is 65.8 Å². The monoisotopic (exact) mass is 517 g/mol. The fourth-order valence-electron chi connectivity index (χ4n) is 2.40. The Morgan fingerprint density at radius 3 is 2.55 bits per heavy atom. The quantitative estimate of drug-likeness (QED) is 0.282. The number of aryl methyl sites for hydroxylation is 1. The van der Waals surface area contributed by atoms with Crippen LogP contribution in [0.4, 0.5) is 0 Å². The van der Waals surface area contributed by atoms with E-state index in [1.54, 1.807) is 4.57 Å². The van der Waals surface area contributed by atoms with E-state index in [0.29, 0.717) is 0 Å². The van der Waals surface area contributed by atoms with Crippen LogP contribution in [0.2, 0.25) is 0 Å². The molecular formula is C17H15I2N2O-. The molecule has 1 aromatic heterocycles. The van der Waals surface area contributed by atoms with Crippen molar-refractivity contribution in [2.24, 2.45) is 0 Å². The van der Waals surface area contributed by atoms with Crippen LogP contribution in [0.25, 0.3) is 16.6 Å². The summed E-state index contributed by atoms with van der Waals surface area (Å²) in [5, 5.41) is 0.720. The van der Waals surface area contributed by atoms with E-state index >= 15 is 0 Å². The van der Waals surface area contributed by atoms with Crippen LogP contribution in [0.5, 0.6) is 0 Å². The summed E-state index contributed by atoms with van der Waals surface area (Å²) in [7, 11) is 0. The van der Waals surface area contributed by atoms with E-state index in [-0.39, 0.29) is 47.5 Å². The van der Waals surface area contributed by atoms with E-state index in [4.69, 9.17) is 4.98 Å². The molecule has 5 heteroatoms. The van der Waals surface area contributed by atoms with Crippen LogP contribution in [-0.2, 0) is 0 Å². The molecule has 0 aliphatic heterocycles. The van der Waals surface area contributed by atoms with Gasteiger partial charge >= 0.3 is 150 Å². The van der Waals surface area contributed by atoms with E-state index in [2.05, 4.69) is 21.6 Å². The summed E-state index contributed by atoms with van der Waals surface area (Å²) in [6.07, 6.45) is 0. The predicted molar refractivity (Wildman–Crippen MR) is 96.5 cm³/mol. The Balaban J connectivity index is 2.36. The van der Waals surface area contributed by atoms with Gasteiger partial charge in [0.15, 0.2) is 0 Å². The fraction of sp³-hybridized carbons (Fsp3) is 0.118. The molecule has 0 bridgehead atoms. The maximum atomic E-state index is 13.0. The number of hydrogen-bond donors (Lipinski definition) is 0. The van der Waals surface area contributed by atoms with E-state index in [1.165, 1.54) is 3.57 Å². The van der Waals surface area contributed by atoms with Crippen molar-refractivity contribution in [2.75, 3.05) is 4.93 Å². The number of rotatable bonds is 3. The molecule has 0 aliphatic rings. The van der Waals surface area contributed by atoms with Crippen molar-refractivity contribution in [2.45, 2.75) is 6.92 Å². The van der Waals surface area contributed by atoms with Crippen molar-refractivity contribution in [1.29, 1.82) is 0 Å². The zero-order valence-electron chi connectivity index (χ0n) is 12.3.